The highest BCUT2D eigenvalue weighted by Gasteiger charge is 2.21. The Balaban J connectivity index is 1.61. The summed E-state index contributed by atoms with van der Waals surface area (Å²) in [6, 6.07) is 14.7. The van der Waals surface area contributed by atoms with E-state index in [1.54, 1.807) is 47.3 Å². The second-order valence-corrected chi connectivity index (χ2v) is 9.27. The van der Waals surface area contributed by atoms with E-state index in [1.807, 2.05) is 30.5 Å². The number of rotatable bonds is 7. The molecule has 0 atom stereocenters. The van der Waals surface area contributed by atoms with Crippen molar-refractivity contribution in [1.82, 2.24) is 9.97 Å². The third-order valence-corrected chi connectivity index (χ3v) is 6.72. The summed E-state index contributed by atoms with van der Waals surface area (Å²) in [6.07, 6.45) is 5.46. The highest BCUT2D eigenvalue weighted by molar-refractivity contribution is 7.98. The number of pyridine rings is 1. The number of carbonyl (C=O) groups excluding carboxylic acids is 1. The maximum absolute atomic E-state index is 13.2. The number of hydrogen-bond donors (Lipinski definition) is 0. The average Bonchev–Trinajstić information content (AvgIpc) is 3.20. The van der Waals surface area contributed by atoms with Crippen LogP contribution >= 0.6 is 46.3 Å². The van der Waals surface area contributed by atoms with Gasteiger partial charge in [0.05, 0.1) is 21.8 Å². The van der Waals surface area contributed by atoms with Crippen molar-refractivity contribution in [2.24, 2.45) is 0 Å². The van der Waals surface area contributed by atoms with Crippen LogP contribution in [-0.4, -0.2) is 28.7 Å². The molecule has 1 amide bonds. The molecule has 0 saturated heterocycles. The number of carbonyl (C=O) groups is 1. The van der Waals surface area contributed by atoms with Crippen LogP contribution in [0.25, 0.3) is 10.2 Å². The SMILES string of the molecule is CSc1ccc2nc(N(Cc3cccnc3)C(=O)COc3ccc(Cl)cc3Cl)sc2c1. The Morgan fingerprint density at radius 2 is 2.06 bits per heavy atom. The number of benzene rings is 2. The van der Waals surface area contributed by atoms with Gasteiger partial charge in [-0.1, -0.05) is 40.6 Å². The summed E-state index contributed by atoms with van der Waals surface area (Å²) in [5, 5.41) is 1.46. The average molecular weight is 490 g/mol. The Morgan fingerprint density at radius 1 is 1.19 bits per heavy atom. The van der Waals surface area contributed by atoms with Gasteiger partial charge in [-0.3, -0.25) is 14.7 Å². The van der Waals surface area contributed by atoms with E-state index in [-0.39, 0.29) is 12.5 Å². The lowest BCUT2D eigenvalue weighted by molar-refractivity contribution is -0.120. The zero-order valence-corrected chi connectivity index (χ0v) is 19.6. The van der Waals surface area contributed by atoms with Crippen molar-refractivity contribution in [1.29, 1.82) is 0 Å². The highest BCUT2D eigenvalue weighted by Crippen LogP contribution is 2.33. The van der Waals surface area contributed by atoms with Crippen molar-refractivity contribution in [2.75, 3.05) is 17.8 Å². The molecule has 31 heavy (non-hydrogen) atoms. The second kappa shape index (κ2) is 9.87. The number of thiazole rings is 1. The minimum Gasteiger partial charge on any atom is -0.482 e. The van der Waals surface area contributed by atoms with E-state index in [1.165, 1.54) is 11.3 Å². The van der Waals surface area contributed by atoms with Crippen molar-refractivity contribution in [2.45, 2.75) is 11.4 Å². The van der Waals surface area contributed by atoms with Crippen LogP contribution < -0.4 is 9.64 Å². The fraction of sp³-hybridized carbons (Fsp3) is 0.136. The van der Waals surface area contributed by atoms with Gasteiger partial charge in [-0.25, -0.2) is 4.98 Å². The molecule has 5 nitrogen and oxygen atoms in total. The molecule has 0 bridgehead atoms. The fourth-order valence-electron chi connectivity index (χ4n) is 2.88. The summed E-state index contributed by atoms with van der Waals surface area (Å²) >= 11 is 15.2. The zero-order valence-electron chi connectivity index (χ0n) is 16.4. The van der Waals surface area contributed by atoms with Gasteiger partial charge in [-0.15, -0.1) is 11.8 Å². The Kier molecular flexibility index (Phi) is 6.97. The van der Waals surface area contributed by atoms with Gasteiger partial charge in [-0.05, 0) is 54.3 Å². The van der Waals surface area contributed by atoms with E-state index in [2.05, 4.69) is 16.0 Å². The molecule has 0 aliphatic rings. The first-order chi connectivity index (χ1) is 15.0. The molecule has 4 rings (SSSR count). The second-order valence-electron chi connectivity index (χ2n) is 6.53. The maximum atomic E-state index is 13.2. The van der Waals surface area contributed by atoms with E-state index in [0.29, 0.717) is 27.5 Å². The third-order valence-electron chi connectivity index (χ3n) is 4.42. The van der Waals surface area contributed by atoms with Gasteiger partial charge >= 0.3 is 0 Å². The smallest absolute Gasteiger partial charge is 0.267 e. The normalized spacial score (nSPS) is 10.9. The first-order valence-corrected chi connectivity index (χ1v) is 12.0. The minimum absolute atomic E-state index is 0.187. The molecule has 0 radical (unpaired) electrons. The predicted molar refractivity (Wildman–Crippen MR) is 129 cm³/mol. The Labute approximate surface area is 198 Å². The van der Waals surface area contributed by atoms with Gasteiger partial charge in [0, 0.05) is 22.3 Å². The lowest BCUT2D eigenvalue weighted by Gasteiger charge is -2.20. The van der Waals surface area contributed by atoms with Crippen LogP contribution in [-0.2, 0) is 11.3 Å². The van der Waals surface area contributed by atoms with Crippen LogP contribution in [0.5, 0.6) is 5.75 Å². The van der Waals surface area contributed by atoms with E-state index >= 15 is 0 Å². The predicted octanol–water partition coefficient (Wildman–Crippen LogP) is 6.33. The molecule has 0 unspecified atom stereocenters. The van der Waals surface area contributed by atoms with E-state index in [9.17, 15) is 4.79 Å². The molecule has 0 fully saturated rings. The number of aromatic nitrogens is 2. The third kappa shape index (κ3) is 5.30. The lowest BCUT2D eigenvalue weighted by atomic mass is 10.2. The van der Waals surface area contributed by atoms with Gasteiger partial charge in [0.2, 0.25) is 0 Å². The molecule has 2 aromatic carbocycles. The Morgan fingerprint density at radius 3 is 2.81 bits per heavy atom. The van der Waals surface area contributed by atoms with Crippen molar-refractivity contribution < 1.29 is 9.53 Å². The maximum Gasteiger partial charge on any atom is 0.267 e. The summed E-state index contributed by atoms with van der Waals surface area (Å²) in [5.74, 6) is 0.161. The molecule has 2 heterocycles. The summed E-state index contributed by atoms with van der Waals surface area (Å²) < 4.78 is 6.70. The number of thioether (sulfide) groups is 1. The van der Waals surface area contributed by atoms with Crippen molar-refractivity contribution >= 4 is 67.6 Å². The van der Waals surface area contributed by atoms with Crippen LogP contribution in [0.1, 0.15) is 5.56 Å². The van der Waals surface area contributed by atoms with Crippen molar-refractivity contribution in [3.8, 4) is 5.75 Å². The van der Waals surface area contributed by atoms with Gasteiger partial charge in [0.1, 0.15) is 5.75 Å². The number of halogens is 2. The van der Waals surface area contributed by atoms with Crippen molar-refractivity contribution in [3.05, 3.63) is 76.5 Å². The quantitative estimate of drug-likeness (QED) is 0.283. The number of hydrogen-bond acceptors (Lipinski definition) is 6. The van der Waals surface area contributed by atoms with Gasteiger partial charge in [0.25, 0.3) is 5.91 Å². The van der Waals surface area contributed by atoms with E-state index in [0.717, 1.165) is 20.7 Å². The number of fused-ring (bicyclic) bond motifs is 1. The monoisotopic (exact) mass is 489 g/mol. The highest BCUT2D eigenvalue weighted by atomic mass is 35.5. The van der Waals surface area contributed by atoms with Crippen LogP contribution in [0.15, 0.2) is 65.8 Å². The van der Waals surface area contributed by atoms with Crippen LogP contribution in [0, 0.1) is 0 Å². The van der Waals surface area contributed by atoms with E-state index in [4.69, 9.17) is 27.9 Å². The molecular formula is C22H17Cl2N3O2S2. The Hall–Kier alpha value is -2.32. The molecular weight excluding hydrogens is 473 g/mol. The largest absolute Gasteiger partial charge is 0.482 e. The molecule has 0 saturated carbocycles. The molecule has 0 aliphatic carbocycles. The minimum atomic E-state index is -0.237. The molecule has 2 aromatic heterocycles. The van der Waals surface area contributed by atoms with E-state index < -0.39 is 0 Å². The summed E-state index contributed by atoms with van der Waals surface area (Å²) in [6.45, 7) is 0.146. The Bertz CT molecular complexity index is 1220. The zero-order chi connectivity index (χ0) is 21.8. The number of ether oxygens (including phenoxy) is 1. The van der Waals surface area contributed by atoms with Crippen LogP contribution in [0.2, 0.25) is 10.0 Å². The number of anilines is 1. The molecule has 4 aromatic rings. The first kappa shape index (κ1) is 21.9. The molecule has 0 spiro atoms. The first-order valence-electron chi connectivity index (χ1n) is 9.25. The van der Waals surface area contributed by atoms with Crippen LogP contribution in [0.3, 0.4) is 0 Å². The summed E-state index contributed by atoms with van der Waals surface area (Å²) in [7, 11) is 0. The fourth-order valence-corrected chi connectivity index (χ4v) is 4.88. The van der Waals surface area contributed by atoms with Crippen LogP contribution in [0.4, 0.5) is 5.13 Å². The molecule has 0 aliphatic heterocycles. The standard InChI is InChI=1S/C22H17Cl2N3O2S2/c1-30-16-5-6-18-20(10-16)31-22(26-18)27(12-14-3-2-8-25-11-14)21(28)13-29-19-7-4-15(23)9-17(19)24/h2-11H,12-13H2,1H3. The molecule has 0 N–H and O–H groups in total. The van der Waals surface area contributed by atoms with Gasteiger partial charge in [-0.2, -0.15) is 0 Å². The molecule has 158 valence electrons. The number of amides is 1. The number of nitrogens with zero attached hydrogens (tertiary/aromatic N) is 3. The lowest BCUT2D eigenvalue weighted by Crippen LogP contribution is -2.34. The summed E-state index contributed by atoms with van der Waals surface area (Å²) in [4.78, 5) is 24.8. The summed E-state index contributed by atoms with van der Waals surface area (Å²) in [5.41, 5.74) is 1.74. The molecule has 9 heteroatoms. The topological polar surface area (TPSA) is 55.3 Å². The van der Waals surface area contributed by atoms with Crippen molar-refractivity contribution in [3.63, 3.8) is 0 Å². The van der Waals surface area contributed by atoms with Gasteiger partial charge in [0.15, 0.2) is 11.7 Å². The van der Waals surface area contributed by atoms with Gasteiger partial charge < -0.3 is 4.74 Å².